The summed E-state index contributed by atoms with van der Waals surface area (Å²) in [6, 6.07) is 0. The molecule has 24 heavy (non-hydrogen) atoms. The van der Waals surface area contributed by atoms with Crippen molar-refractivity contribution in [2.24, 2.45) is 0 Å². The van der Waals surface area contributed by atoms with E-state index in [-0.39, 0.29) is 6.42 Å². The van der Waals surface area contributed by atoms with Gasteiger partial charge in [0, 0.05) is 5.97 Å². The SMILES string of the molecule is CCCCCCCCC=CCCCCCCCC(=O)[O-].[CH3][Sn+]([CH3])[Cl]. The average molecular weight is 466 g/mol. The first-order chi connectivity index (χ1) is 11.5. The summed E-state index contributed by atoms with van der Waals surface area (Å²) < 4.78 is 0. The Hall–Kier alpha value is 0.299. The molecule has 0 N–H and O–H groups in total. The summed E-state index contributed by atoms with van der Waals surface area (Å²) in [5.74, 6) is -0.914. The molecule has 0 atom stereocenters. The van der Waals surface area contributed by atoms with Crippen molar-refractivity contribution in [3.05, 3.63) is 12.2 Å². The van der Waals surface area contributed by atoms with Gasteiger partial charge in [0.05, 0.1) is 0 Å². The molecule has 0 spiro atoms. The monoisotopic (exact) mass is 466 g/mol. The van der Waals surface area contributed by atoms with E-state index in [1.807, 2.05) is 0 Å². The molecule has 0 aromatic carbocycles. The number of carbonyl (C=O) groups excluding carboxylic acids is 1. The van der Waals surface area contributed by atoms with Gasteiger partial charge in [-0.2, -0.15) is 0 Å². The van der Waals surface area contributed by atoms with E-state index in [1.165, 1.54) is 64.2 Å². The van der Waals surface area contributed by atoms with Crippen LogP contribution in [0, 0.1) is 0 Å². The quantitative estimate of drug-likeness (QED) is 0.163. The standard InChI is InChI=1S/C18H34O2.2CH3.ClH.Sn/c1-2-3-4-5-6-7-8-9-10-11-12-13-14-15-16-17-18(19)20;;;;/h9-10H,2-8,11-17H2,1H3,(H,19,20);2*1H3;1H;/q;;;;+2/p-2. The number of carbonyl (C=O) groups is 1. The first-order valence-electron chi connectivity index (χ1n) is 9.81. The summed E-state index contributed by atoms with van der Waals surface area (Å²) in [5.41, 5.74) is 0. The predicted octanol–water partition coefficient (Wildman–Crippen LogP) is 6.25. The van der Waals surface area contributed by atoms with Gasteiger partial charge in [0.15, 0.2) is 0 Å². The molecule has 0 radical (unpaired) electrons. The number of aliphatic carboxylic acids is 1. The van der Waals surface area contributed by atoms with Gasteiger partial charge < -0.3 is 9.90 Å². The van der Waals surface area contributed by atoms with E-state index in [1.54, 1.807) is 0 Å². The summed E-state index contributed by atoms with van der Waals surface area (Å²) in [6.45, 7) is 2.26. The molecule has 0 amide bonds. The zero-order valence-corrected chi connectivity index (χ0v) is 19.9. The van der Waals surface area contributed by atoms with Gasteiger partial charge in [-0.3, -0.25) is 0 Å². The van der Waals surface area contributed by atoms with Crippen LogP contribution in [0.4, 0.5) is 0 Å². The third kappa shape index (κ3) is 33.8. The van der Waals surface area contributed by atoms with E-state index in [0.29, 0.717) is 0 Å². The van der Waals surface area contributed by atoms with Crippen molar-refractivity contribution in [3.8, 4) is 0 Å². The topological polar surface area (TPSA) is 40.1 Å². The van der Waals surface area contributed by atoms with Crippen molar-refractivity contribution in [3.63, 3.8) is 0 Å². The van der Waals surface area contributed by atoms with Crippen LogP contribution < -0.4 is 5.11 Å². The Morgan fingerprint density at radius 3 is 1.62 bits per heavy atom. The van der Waals surface area contributed by atoms with Crippen LogP contribution >= 0.6 is 8.92 Å². The normalized spacial score (nSPS) is 10.5. The average Bonchev–Trinajstić information content (AvgIpc) is 2.50. The Morgan fingerprint density at radius 1 is 0.833 bits per heavy atom. The maximum absolute atomic E-state index is 10.2. The van der Waals surface area contributed by atoms with Crippen LogP contribution in [0.25, 0.3) is 0 Å². The second kappa shape index (κ2) is 23.3. The molecule has 0 aliphatic rings. The molecule has 0 rings (SSSR count). The molecule has 0 unspecified atom stereocenters. The Morgan fingerprint density at radius 2 is 1.21 bits per heavy atom. The molecule has 0 aliphatic heterocycles. The molecule has 0 saturated carbocycles. The van der Waals surface area contributed by atoms with Gasteiger partial charge in [0.25, 0.3) is 0 Å². The Labute approximate surface area is 161 Å². The van der Waals surface area contributed by atoms with E-state index in [0.717, 1.165) is 19.3 Å². The summed E-state index contributed by atoms with van der Waals surface area (Å²) in [6.07, 6.45) is 20.9. The number of carboxylic acids is 1. The van der Waals surface area contributed by atoms with Gasteiger partial charge in [-0.05, 0) is 38.5 Å². The van der Waals surface area contributed by atoms with E-state index in [9.17, 15) is 9.90 Å². The zero-order chi connectivity index (χ0) is 18.5. The molecule has 0 saturated heterocycles. The molecular formula is C20H39ClO2Sn. The third-order valence-corrected chi connectivity index (χ3v) is 3.64. The van der Waals surface area contributed by atoms with Crippen LogP contribution in [-0.2, 0) is 4.79 Å². The fourth-order valence-corrected chi connectivity index (χ4v) is 2.34. The van der Waals surface area contributed by atoms with Crippen molar-refractivity contribution in [2.45, 2.75) is 107 Å². The number of hydrogen-bond acceptors (Lipinski definition) is 2. The van der Waals surface area contributed by atoms with E-state index in [4.69, 9.17) is 8.92 Å². The summed E-state index contributed by atoms with van der Waals surface area (Å²) in [5, 5.41) is 10.2. The molecule has 142 valence electrons. The van der Waals surface area contributed by atoms with Crippen LogP contribution in [0.1, 0.15) is 96.8 Å². The Balaban J connectivity index is 0. The molecular weight excluding hydrogens is 426 g/mol. The molecule has 4 heteroatoms. The van der Waals surface area contributed by atoms with Crippen molar-refractivity contribution < 1.29 is 9.90 Å². The first-order valence-corrected chi connectivity index (χ1v) is 19.1. The second-order valence-electron chi connectivity index (χ2n) is 6.58. The molecule has 0 aromatic rings. The third-order valence-electron chi connectivity index (χ3n) is 3.64. The van der Waals surface area contributed by atoms with Crippen molar-refractivity contribution in [2.75, 3.05) is 0 Å². The van der Waals surface area contributed by atoms with Gasteiger partial charge in [-0.1, -0.05) is 70.4 Å². The molecule has 0 bridgehead atoms. The van der Waals surface area contributed by atoms with Gasteiger partial charge in [-0.25, -0.2) is 0 Å². The predicted molar refractivity (Wildman–Crippen MR) is 108 cm³/mol. The summed E-state index contributed by atoms with van der Waals surface area (Å²) >= 11 is -1.07. The van der Waals surface area contributed by atoms with Gasteiger partial charge in [0.2, 0.25) is 0 Å². The Kier molecular flexibility index (Phi) is 25.8. The molecule has 0 fully saturated rings. The van der Waals surface area contributed by atoms with Gasteiger partial charge in [-0.15, -0.1) is 0 Å². The van der Waals surface area contributed by atoms with E-state index >= 15 is 0 Å². The fraction of sp³-hybridized carbons (Fsp3) is 0.850. The fourth-order valence-electron chi connectivity index (χ4n) is 2.34. The Bertz CT molecular complexity index is 278. The number of allylic oxidation sites excluding steroid dienone is 2. The van der Waals surface area contributed by atoms with Crippen LogP contribution in [0.2, 0.25) is 9.88 Å². The number of carboxylic acid groups (broad SMARTS) is 1. The molecule has 0 aliphatic carbocycles. The van der Waals surface area contributed by atoms with Crippen molar-refractivity contribution in [1.82, 2.24) is 0 Å². The minimum atomic E-state index is -1.07. The zero-order valence-electron chi connectivity index (χ0n) is 16.2. The van der Waals surface area contributed by atoms with Gasteiger partial charge >= 0.3 is 37.4 Å². The van der Waals surface area contributed by atoms with E-state index < -0.39 is 24.6 Å². The van der Waals surface area contributed by atoms with Crippen LogP contribution in [0.5, 0.6) is 0 Å². The number of unbranched alkanes of at least 4 members (excludes halogenated alkanes) is 11. The second-order valence-corrected chi connectivity index (χ2v) is 16.7. The minimum absolute atomic E-state index is 0.220. The summed E-state index contributed by atoms with van der Waals surface area (Å²) in [4.78, 5) is 14.5. The first kappa shape index (κ1) is 26.5. The number of rotatable bonds is 15. The van der Waals surface area contributed by atoms with Crippen LogP contribution in [-0.4, -0.2) is 24.6 Å². The summed E-state index contributed by atoms with van der Waals surface area (Å²) in [7, 11) is 5.47. The molecule has 0 heterocycles. The maximum atomic E-state index is 10.2. The van der Waals surface area contributed by atoms with Crippen molar-refractivity contribution in [1.29, 1.82) is 0 Å². The molecule has 0 aromatic heterocycles. The van der Waals surface area contributed by atoms with Crippen molar-refractivity contribution >= 4 is 33.5 Å². The number of hydrogen-bond donors (Lipinski definition) is 0. The molecule has 2 nitrogen and oxygen atoms in total. The van der Waals surface area contributed by atoms with E-state index in [2.05, 4.69) is 29.0 Å². The van der Waals surface area contributed by atoms with Gasteiger partial charge in [0.1, 0.15) is 0 Å². The van der Waals surface area contributed by atoms with Crippen LogP contribution in [0.3, 0.4) is 0 Å². The van der Waals surface area contributed by atoms with Crippen LogP contribution in [0.15, 0.2) is 12.2 Å². The number of halogens is 1.